The summed E-state index contributed by atoms with van der Waals surface area (Å²) >= 11 is 0. The molecular formula is C9H9BF6KNO. The van der Waals surface area contributed by atoms with Crippen molar-refractivity contribution in [1.29, 1.82) is 0 Å². The zero-order valence-corrected chi connectivity index (χ0v) is 13.2. The zero-order valence-electron chi connectivity index (χ0n) is 10.1. The number of aromatic nitrogens is 1. The van der Waals surface area contributed by atoms with Gasteiger partial charge in [0.25, 0.3) is 0 Å². The molecule has 0 unspecified atom stereocenters. The Morgan fingerprint density at radius 3 is 2.32 bits per heavy atom. The number of hydrogen-bond donors (Lipinski definition) is 0. The topological polar surface area (TPSA) is 22.1 Å². The van der Waals surface area contributed by atoms with E-state index in [0.717, 1.165) is 12.3 Å². The third kappa shape index (κ3) is 8.18. The van der Waals surface area contributed by atoms with Crippen LogP contribution in [0.5, 0.6) is 5.75 Å². The number of halogens is 6. The van der Waals surface area contributed by atoms with Crippen molar-refractivity contribution in [2.24, 2.45) is 0 Å². The standard InChI is InChI=1S/C9H9BF6NO.K/c11-9(12,13)2-1-3-18-8-4-7(5-17-6-8)10(14,15)16;/h4-6H,1-3H2;/q-1;+1. The minimum atomic E-state index is -5.19. The summed E-state index contributed by atoms with van der Waals surface area (Å²) < 4.78 is 77.1. The molecule has 0 N–H and O–H groups in total. The van der Waals surface area contributed by atoms with Gasteiger partial charge in [0.05, 0.1) is 12.8 Å². The summed E-state index contributed by atoms with van der Waals surface area (Å²) in [7, 11) is 0. The Bertz CT molecular complexity index is 397. The predicted octanol–water partition coefficient (Wildman–Crippen LogP) is -0.139. The average Bonchev–Trinajstić information content (AvgIpc) is 2.22. The maximum absolute atomic E-state index is 12.3. The summed E-state index contributed by atoms with van der Waals surface area (Å²) in [4.78, 5) is 3.33. The van der Waals surface area contributed by atoms with Crippen LogP contribution in [0.2, 0.25) is 0 Å². The van der Waals surface area contributed by atoms with E-state index in [1.165, 1.54) is 0 Å². The van der Waals surface area contributed by atoms with Crippen molar-refractivity contribution < 1.29 is 82.2 Å². The van der Waals surface area contributed by atoms with Gasteiger partial charge in [-0.05, 0) is 12.5 Å². The quantitative estimate of drug-likeness (QED) is 0.429. The largest absolute Gasteiger partial charge is 1.00 e. The Morgan fingerprint density at radius 2 is 1.79 bits per heavy atom. The van der Waals surface area contributed by atoms with E-state index in [9.17, 15) is 26.1 Å². The van der Waals surface area contributed by atoms with Crippen LogP contribution < -0.4 is 61.6 Å². The molecule has 1 aromatic heterocycles. The molecule has 0 saturated carbocycles. The Hall–Kier alpha value is 0.231. The van der Waals surface area contributed by atoms with E-state index in [0.29, 0.717) is 6.20 Å². The molecule has 0 saturated heterocycles. The molecule has 1 rings (SSSR count). The second kappa shape index (κ2) is 7.87. The van der Waals surface area contributed by atoms with Crippen molar-refractivity contribution in [3.63, 3.8) is 0 Å². The third-order valence-corrected chi connectivity index (χ3v) is 1.99. The first-order chi connectivity index (χ1) is 8.18. The molecule has 0 aliphatic carbocycles. The molecule has 0 aromatic carbocycles. The van der Waals surface area contributed by atoms with Gasteiger partial charge in [-0.1, -0.05) is 5.46 Å². The summed E-state index contributed by atoms with van der Waals surface area (Å²) in [6.07, 6.45) is -3.98. The molecule has 2 nitrogen and oxygen atoms in total. The first kappa shape index (κ1) is 19.2. The van der Waals surface area contributed by atoms with Crippen LogP contribution in [0, 0.1) is 0 Å². The number of hydrogen-bond acceptors (Lipinski definition) is 2. The van der Waals surface area contributed by atoms with Crippen LogP contribution in [-0.2, 0) is 0 Å². The SMILES string of the molecule is F[B-](F)(F)c1cncc(OCCCC(F)(F)F)c1.[K+]. The van der Waals surface area contributed by atoms with Crippen molar-refractivity contribution in [2.75, 3.05) is 6.61 Å². The van der Waals surface area contributed by atoms with Gasteiger partial charge in [-0.25, -0.2) is 0 Å². The molecule has 0 atom stereocenters. The van der Waals surface area contributed by atoms with Crippen LogP contribution in [0.4, 0.5) is 26.1 Å². The van der Waals surface area contributed by atoms with E-state index in [4.69, 9.17) is 4.74 Å². The smallest absolute Gasteiger partial charge is 0.492 e. The minimum absolute atomic E-state index is 0. The van der Waals surface area contributed by atoms with Crippen molar-refractivity contribution >= 4 is 12.4 Å². The molecule has 1 aromatic rings. The van der Waals surface area contributed by atoms with E-state index in [-0.39, 0.29) is 70.2 Å². The van der Waals surface area contributed by atoms with E-state index < -0.39 is 25.0 Å². The molecule has 10 heteroatoms. The molecule has 0 aliphatic heterocycles. The third-order valence-electron chi connectivity index (χ3n) is 1.99. The molecule has 0 aliphatic rings. The van der Waals surface area contributed by atoms with Crippen LogP contribution in [0.1, 0.15) is 12.8 Å². The molecule has 0 fully saturated rings. The molecular weight excluding hydrogens is 302 g/mol. The number of ether oxygens (including phenoxy) is 1. The van der Waals surface area contributed by atoms with Crippen LogP contribution in [0.15, 0.2) is 18.5 Å². The van der Waals surface area contributed by atoms with E-state index in [1.54, 1.807) is 0 Å². The minimum Gasteiger partial charge on any atom is -0.492 e. The molecule has 0 spiro atoms. The second-order valence-electron chi connectivity index (χ2n) is 3.60. The van der Waals surface area contributed by atoms with Crippen LogP contribution in [0.3, 0.4) is 0 Å². The van der Waals surface area contributed by atoms with Crippen molar-refractivity contribution in [2.45, 2.75) is 19.0 Å². The maximum atomic E-state index is 12.3. The van der Waals surface area contributed by atoms with E-state index in [2.05, 4.69) is 4.98 Å². The van der Waals surface area contributed by atoms with Gasteiger partial charge < -0.3 is 17.7 Å². The first-order valence-corrected chi connectivity index (χ1v) is 5.03. The van der Waals surface area contributed by atoms with Crippen molar-refractivity contribution in [1.82, 2.24) is 4.98 Å². The zero-order chi connectivity index (χ0) is 13.8. The van der Waals surface area contributed by atoms with Gasteiger partial charge in [0, 0.05) is 12.6 Å². The van der Waals surface area contributed by atoms with Crippen molar-refractivity contribution in [3.8, 4) is 5.75 Å². The molecule has 0 amide bonds. The Balaban J connectivity index is 0.00000324. The number of pyridine rings is 1. The molecule has 0 bridgehead atoms. The van der Waals surface area contributed by atoms with Crippen molar-refractivity contribution in [3.05, 3.63) is 18.5 Å². The van der Waals surface area contributed by atoms with Gasteiger partial charge in [-0.2, -0.15) is 13.2 Å². The Morgan fingerprint density at radius 1 is 1.16 bits per heavy atom. The summed E-state index contributed by atoms with van der Waals surface area (Å²) in [6, 6.07) is 0.723. The number of alkyl halides is 3. The summed E-state index contributed by atoms with van der Waals surface area (Å²) in [5.41, 5.74) is -0.941. The van der Waals surface area contributed by atoms with E-state index in [1.807, 2.05) is 0 Å². The fraction of sp³-hybridized carbons (Fsp3) is 0.444. The predicted molar refractivity (Wildman–Crippen MR) is 53.7 cm³/mol. The Kier molecular flexibility index (Phi) is 7.96. The molecule has 19 heavy (non-hydrogen) atoms. The van der Waals surface area contributed by atoms with Gasteiger partial charge in [-0.15, -0.1) is 0 Å². The molecule has 0 radical (unpaired) electrons. The van der Waals surface area contributed by atoms with Gasteiger partial charge in [0.15, 0.2) is 0 Å². The molecule has 1 heterocycles. The van der Waals surface area contributed by atoms with Crippen LogP contribution >= 0.6 is 0 Å². The van der Waals surface area contributed by atoms with Gasteiger partial charge in [-0.3, -0.25) is 4.98 Å². The van der Waals surface area contributed by atoms with Gasteiger partial charge >= 0.3 is 64.5 Å². The fourth-order valence-electron chi connectivity index (χ4n) is 1.16. The fourth-order valence-corrected chi connectivity index (χ4v) is 1.16. The van der Waals surface area contributed by atoms with Crippen LogP contribution in [0.25, 0.3) is 0 Å². The van der Waals surface area contributed by atoms with Crippen LogP contribution in [-0.4, -0.2) is 24.7 Å². The second-order valence-corrected chi connectivity index (χ2v) is 3.60. The monoisotopic (exact) mass is 311 g/mol. The average molecular weight is 311 g/mol. The summed E-state index contributed by atoms with van der Waals surface area (Å²) in [5.74, 6) is -0.186. The van der Waals surface area contributed by atoms with Gasteiger partial charge in [0.2, 0.25) is 0 Å². The summed E-state index contributed by atoms with van der Waals surface area (Å²) in [6.45, 7) is -5.50. The summed E-state index contributed by atoms with van der Waals surface area (Å²) in [5, 5.41) is 0. The Labute approximate surface area is 148 Å². The number of rotatable bonds is 5. The van der Waals surface area contributed by atoms with Gasteiger partial charge in [0.1, 0.15) is 5.75 Å². The normalized spacial score (nSPS) is 11.9. The maximum Gasteiger partial charge on any atom is 1.00 e. The molecule has 102 valence electrons. The first-order valence-electron chi connectivity index (χ1n) is 5.03. The number of nitrogens with zero attached hydrogens (tertiary/aromatic N) is 1. The van der Waals surface area contributed by atoms with E-state index >= 15 is 0 Å².